The van der Waals surface area contributed by atoms with Crippen LogP contribution in [0.3, 0.4) is 0 Å². The lowest BCUT2D eigenvalue weighted by Gasteiger charge is -2.21. The van der Waals surface area contributed by atoms with Gasteiger partial charge in [-0.1, -0.05) is 6.07 Å². The molecule has 3 heterocycles. The molecule has 0 aliphatic carbocycles. The number of urea groups is 1. The number of nitrogens with one attached hydrogen (secondary N) is 2. The predicted molar refractivity (Wildman–Crippen MR) is 97.5 cm³/mol. The van der Waals surface area contributed by atoms with Gasteiger partial charge in [0.05, 0.1) is 6.04 Å². The molecule has 1 saturated heterocycles. The van der Waals surface area contributed by atoms with Gasteiger partial charge in [0.15, 0.2) is 0 Å². The summed E-state index contributed by atoms with van der Waals surface area (Å²) in [6.07, 6.45) is 3.98. The zero-order valence-corrected chi connectivity index (χ0v) is 15.4. The number of pyridine rings is 1. The number of amides is 4. The molecule has 0 aromatic carbocycles. The van der Waals surface area contributed by atoms with E-state index in [1.165, 1.54) is 0 Å². The molecule has 0 saturated carbocycles. The molecular weight excluding hydrogens is 352 g/mol. The number of nitrogens with zero attached hydrogens (tertiary/aromatic N) is 2. The molecule has 0 bridgehead atoms. The molecule has 0 spiro atoms. The van der Waals surface area contributed by atoms with Crippen molar-refractivity contribution in [3.05, 3.63) is 52.5 Å². The second-order valence-corrected chi connectivity index (χ2v) is 7.47. The highest BCUT2D eigenvalue weighted by atomic mass is 32.1. The van der Waals surface area contributed by atoms with E-state index >= 15 is 0 Å². The Bertz CT molecular complexity index is 805. The molecule has 26 heavy (non-hydrogen) atoms. The number of carbonyl (C=O) groups excluding carboxylic acids is 3. The van der Waals surface area contributed by atoms with Crippen molar-refractivity contribution >= 4 is 29.2 Å². The Morgan fingerprint density at radius 2 is 2.19 bits per heavy atom. The average Bonchev–Trinajstić information content (AvgIpc) is 3.17. The van der Waals surface area contributed by atoms with Crippen molar-refractivity contribution in [2.75, 3.05) is 6.54 Å². The number of thiophene rings is 1. The number of hydrogen-bond acceptors (Lipinski definition) is 5. The molecule has 1 atom stereocenters. The normalized spacial score (nSPS) is 17.1. The Labute approximate surface area is 155 Å². The average molecular weight is 372 g/mol. The quantitative estimate of drug-likeness (QED) is 0.758. The summed E-state index contributed by atoms with van der Waals surface area (Å²) in [6.45, 7) is 2.91. The molecule has 1 fully saturated rings. The van der Waals surface area contributed by atoms with Crippen LogP contribution >= 0.6 is 11.3 Å². The Hall–Kier alpha value is -2.74. The summed E-state index contributed by atoms with van der Waals surface area (Å²) in [5, 5.41) is 9.49. The van der Waals surface area contributed by atoms with E-state index in [4.69, 9.17) is 0 Å². The highest BCUT2D eigenvalue weighted by Gasteiger charge is 2.44. The lowest BCUT2D eigenvalue weighted by molar-refractivity contribution is -0.134. The van der Waals surface area contributed by atoms with Gasteiger partial charge in [0.2, 0.25) is 5.91 Å². The van der Waals surface area contributed by atoms with Crippen LogP contribution in [-0.2, 0) is 16.0 Å². The largest absolute Gasteiger partial charge is 0.347 e. The number of imide groups is 1. The first-order valence-corrected chi connectivity index (χ1v) is 9.15. The van der Waals surface area contributed by atoms with Crippen LogP contribution in [0.2, 0.25) is 0 Å². The molecule has 7 nitrogen and oxygen atoms in total. The second kappa shape index (κ2) is 7.25. The topological polar surface area (TPSA) is 91.4 Å². The van der Waals surface area contributed by atoms with Gasteiger partial charge < -0.3 is 10.6 Å². The second-order valence-electron chi connectivity index (χ2n) is 6.69. The summed E-state index contributed by atoms with van der Waals surface area (Å²) in [7, 11) is 0. The fourth-order valence-corrected chi connectivity index (χ4v) is 3.51. The fourth-order valence-electron chi connectivity index (χ4n) is 2.82. The third-order valence-corrected chi connectivity index (χ3v) is 4.92. The third-order valence-electron chi connectivity index (χ3n) is 4.19. The minimum absolute atomic E-state index is 0.292. The molecule has 1 aliphatic rings. The van der Waals surface area contributed by atoms with E-state index < -0.39 is 23.4 Å². The Balaban J connectivity index is 1.71. The monoisotopic (exact) mass is 372 g/mol. The first-order chi connectivity index (χ1) is 12.4. The van der Waals surface area contributed by atoms with Crippen LogP contribution in [0.5, 0.6) is 0 Å². The van der Waals surface area contributed by atoms with Crippen molar-refractivity contribution in [1.29, 1.82) is 0 Å². The third kappa shape index (κ3) is 3.91. The van der Waals surface area contributed by atoms with Crippen LogP contribution in [0.1, 0.15) is 31.0 Å². The van der Waals surface area contributed by atoms with Crippen molar-refractivity contribution < 1.29 is 14.4 Å². The van der Waals surface area contributed by atoms with Crippen LogP contribution in [-0.4, -0.2) is 39.8 Å². The maximum Gasteiger partial charge on any atom is 0.325 e. The minimum atomic E-state index is -0.989. The first-order valence-electron chi connectivity index (χ1n) is 8.21. The molecule has 0 unspecified atom stereocenters. The van der Waals surface area contributed by atoms with Crippen molar-refractivity contribution in [1.82, 2.24) is 20.5 Å². The van der Waals surface area contributed by atoms with Crippen LogP contribution in [0.25, 0.3) is 0 Å². The Morgan fingerprint density at radius 3 is 2.77 bits per heavy atom. The maximum atomic E-state index is 12.5. The van der Waals surface area contributed by atoms with E-state index in [9.17, 15) is 14.4 Å². The van der Waals surface area contributed by atoms with E-state index in [0.29, 0.717) is 6.42 Å². The molecule has 1 aliphatic heterocycles. The van der Waals surface area contributed by atoms with Gasteiger partial charge in [-0.3, -0.25) is 19.5 Å². The zero-order chi connectivity index (χ0) is 18.7. The molecule has 0 radical (unpaired) electrons. The van der Waals surface area contributed by atoms with Gasteiger partial charge in [-0.15, -0.1) is 0 Å². The maximum absolute atomic E-state index is 12.5. The summed E-state index contributed by atoms with van der Waals surface area (Å²) in [4.78, 5) is 41.8. The summed E-state index contributed by atoms with van der Waals surface area (Å²) in [5.41, 5.74) is 0.974. The van der Waals surface area contributed by atoms with Crippen LogP contribution in [0.4, 0.5) is 4.79 Å². The highest BCUT2D eigenvalue weighted by Crippen LogP contribution is 2.20. The van der Waals surface area contributed by atoms with E-state index in [0.717, 1.165) is 16.0 Å². The summed E-state index contributed by atoms with van der Waals surface area (Å²) in [5.74, 6) is -0.802. The van der Waals surface area contributed by atoms with Crippen molar-refractivity contribution in [3.8, 4) is 0 Å². The van der Waals surface area contributed by atoms with Gasteiger partial charge in [-0.2, -0.15) is 11.3 Å². The Kier molecular flexibility index (Phi) is 5.03. The lowest BCUT2D eigenvalue weighted by Crippen LogP contribution is -2.44. The standard InChI is InChI=1S/C18H20N4O3S/c1-18(2)16(24)22(17(25)21-18)10-15(23)20-14(8-12-5-7-26-11-12)13-4-3-6-19-9-13/h3-7,9,11,14H,8,10H2,1-2H3,(H,20,23)(H,21,25)/t14-/m1/s1. The van der Waals surface area contributed by atoms with E-state index in [1.54, 1.807) is 37.6 Å². The van der Waals surface area contributed by atoms with E-state index in [-0.39, 0.29) is 12.6 Å². The molecule has 8 heteroatoms. The molecule has 136 valence electrons. The predicted octanol–water partition coefficient (Wildman–Crippen LogP) is 1.87. The highest BCUT2D eigenvalue weighted by molar-refractivity contribution is 7.07. The molecule has 2 aromatic rings. The zero-order valence-electron chi connectivity index (χ0n) is 14.6. The number of rotatable bonds is 6. The SMILES string of the molecule is CC1(C)NC(=O)N(CC(=O)N[C@H](Cc2ccsc2)c2cccnc2)C1=O. The van der Waals surface area contributed by atoms with E-state index in [2.05, 4.69) is 15.6 Å². The number of aromatic nitrogens is 1. The summed E-state index contributed by atoms with van der Waals surface area (Å²) < 4.78 is 0. The van der Waals surface area contributed by atoms with Crippen molar-refractivity contribution in [2.24, 2.45) is 0 Å². The van der Waals surface area contributed by atoms with E-state index in [1.807, 2.05) is 29.0 Å². The summed E-state index contributed by atoms with van der Waals surface area (Å²) in [6, 6.07) is 4.86. The van der Waals surface area contributed by atoms with Crippen LogP contribution < -0.4 is 10.6 Å². The van der Waals surface area contributed by atoms with Gasteiger partial charge >= 0.3 is 6.03 Å². The van der Waals surface area contributed by atoms with Gasteiger partial charge in [0.25, 0.3) is 5.91 Å². The molecular formula is C18H20N4O3S. The van der Waals surface area contributed by atoms with Gasteiger partial charge in [-0.25, -0.2) is 4.79 Å². The lowest BCUT2D eigenvalue weighted by atomic mass is 10.0. The van der Waals surface area contributed by atoms with Crippen LogP contribution in [0, 0.1) is 0 Å². The smallest absolute Gasteiger partial charge is 0.325 e. The van der Waals surface area contributed by atoms with Crippen LogP contribution in [0.15, 0.2) is 41.4 Å². The van der Waals surface area contributed by atoms with Gasteiger partial charge in [0, 0.05) is 12.4 Å². The minimum Gasteiger partial charge on any atom is -0.347 e. The molecule has 4 amide bonds. The van der Waals surface area contributed by atoms with Crippen molar-refractivity contribution in [3.63, 3.8) is 0 Å². The fraction of sp³-hybridized carbons (Fsp3) is 0.333. The molecule has 2 N–H and O–H groups in total. The van der Waals surface area contributed by atoms with Gasteiger partial charge in [-0.05, 0) is 54.3 Å². The number of carbonyl (C=O) groups is 3. The van der Waals surface area contributed by atoms with Gasteiger partial charge in [0.1, 0.15) is 12.1 Å². The first kappa shape index (κ1) is 18.1. The molecule has 3 rings (SSSR count). The van der Waals surface area contributed by atoms with Crippen molar-refractivity contribution in [2.45, 2.75) is 31.8 Å². The molecule has 2 aromatic heterocycles. The Morgan fingerprint density at radius 1 is 1.38 bits per heavy atom. The summed E-state index contributed by atoms with van der Waals surface area (Å²) >= 11 is 1.59. The number of hydrogen-bond donors (Lipinski definition) is 2.